The van der Waals surface area contributed by atoms with E-state index in [-0.39, 0.29) is 5.95 Å². The smallest absolute Gasteiger partial charge is 0.392 e. The number of rotatable bonds is 3. The average molecular weight is 196 g/mol. The molecule has 0 fully saturated rings. The summed E-state index contributed by atoms with van der Waals surface area (Å²) in [6.07, 6.45) is 0. The summed E-state index contributed by atoms with van der Waals surface area (Å²) < 4.78 is 0.632. The monoisotopic (exact) mass is 196 g/mol. The number of hydrogen-bond donors (Lipinski definition) is 1. The highest BCUT2D eigenvalue weighted by Crippen LogP contribution is 2.11. The van der Waals surface area contributed by atoms with Crippen LogP contribution >= 0.6 is 0 Å². The normalized spacial score (nSPS) is 10.2. The second-order valence-corrected chi connectivity index (χ2v) is 3.08. The Morgan fingerprint density at radius 2 is 2.07 bits per heavy atom. The van der Waals surface area contributed by atoms with Crippen molar-refractivity contribution in [3.63, 3.8) is 0 Å². The molecule has 1 aromatic rings. The lowest BCUT2D eigenvalue weighted by Gasteiger charge is -2.19. The predicted molar refractivity (Wildman–Crippen MR) is 55.9 cm³/mol. The third-order valence-corrected chi connectivity index (χ3v) is 2.18. The van der Waals surface area contributed by atoms with Gasteiger partial charge in [-0.3, -0.25) is 5.73 Å². The van der Waals surface area contributed by atoms with Crippen LogP contribution in [-0.2, 0) is 0 Å². The van der Waals surface area contributed by atoms with E-state index >= 15 is 0 Å². The molecule has 0 aliphatic carbocycles. The van der Waals surface area contributed by atoms with Gasteiger partial charge in [-0.2, -0.15) is 0 Å². The number of aryl methyl sites for hydroxylation is 1. The molecule has 5 heteroatoms. The van der Waals surface area contributed by atoms with Crippen LogP contribution in [0.3, 0.4) is 0 Å². The van der Waals surface area contributed by atoms with E-state index in [2.05, 4.69) is 4.98 Å². The zero-order valence-corrected chi connectivity index (χ0v) is 8.82. The Kier molecular flexibility index (Phi) is 3.11. The van der Waals surface area contributed by atoms with Crippen LogP contribution in [0.25, 0.3) is 0 Å². The lowest BCUT2D eigenvalue weighted by atomic mass is 10.4. The molecule has 0 spiro atoms. The molecule has 0 bridgehead atoms. The lowest BCUT2D eigenvalue weighted by Crippen LogP contribution is -2.36. The largest absolute Gasteiger partial charge is 0.740 e. The van der Waals surface area contributed by atoms with E-state index in [4.69, 9.17) is 5.73 Å². The molecule has 0 atom stereocenters. The van der Waals surface area contributed by atoms with Crippen LogP contribution in [0, 0.1) is 12.1 Å². The molecular weight excluding hydrogens is 180 g/mol. The summed E-state index contributed by atoms with van der Waals surface area (Å²) in [6.45, 7) is 7.50. The minimum absolute atomic E-state index is 0.00639. The summed E-state index contributed by atoms with van der Waals surface area (Å²) in [4.78, 5) is 6.07. The van der Waals surface area contributed by atoms with Crippen molar-refractivity contribution in [3.8, 4) is 0 Å². The maximum Gasteiger partial charge on any atom is 0.392 e. The van der Waals surface area contributed by atoms with Crippen LogP contribution in [0.4, 0.5) is 11.8 Å². The van der Waals surface area contributed by atoms with Crippen LogP contribution in [0.5, 0.6) is 0 Å². The van der Waals surface area contributed by atoms with Crippen molar-refractivity contribution in [1.82, 2.24) is 4.98 Å². The van der Waals surface area contributed by atoms with E-state index in [9.17, 15) is 5.21 Å². The summed E-state index contributed by atoms with van der Waals surface area (Å²) in [5.41, 5.74) is 6.05. The molecule has 0 saturated carbocycles. The van der Waals surface area contributed by atoms with E-state index in [1.54, 1.807) is 13.0 Å². The first-order valence-electron chi connectivity index (χ1n) is 4.71. The highest BCUT2D eigenvalue weighted by Gasteiger charge is 2.12. The summed E-state index contributed by atoms with van der Waals surface area (Å²) in [6, 6.07) is 1.75. The molecule has 78 valence electrons. The Morgan fingerprint density at radius 1 is 1.50 bits per heavy atom. The van der Waals surface area contributed by atoms with Crippen molar-refractivity contribution < 1.29 is 4.73 Å². The second-order valence-electron chi connectivity index (χ2n) is 3.08. The molecule has 1 heterocycles. The first kappa shape index (κ1) is 10.6. The van der Waals surface area contributed by atoms with Crippen LogP contribution < -0.4 is 15.4 Å². The van der Waals surface area contributed by atoms with Gasteiger partial charge in [0, 0.05) is 19.2 Å². The van der Waals surface area contributed by atoms with Crippen molar-refractivity contribution in [2.75, 3.05) is 23.7 Å². The SMILES string of the molecule is CCN(CC)c1cc(C)[n+]([O-])c(N)n1. The molecule has 1 rings (SSSR count). The quantitative estimate of drug-likeness (QED) is 0.563. The molecule has 2 N–H and O–H groups in total. The third kappa shape index (κ3) is 1.86. The highest BCUT2D eigenvalue weighted by atomic mass is 16.5. The second kappa shape index (κ2) is 4.13. The molecule has 14 heavy (non-hydrogen) atoms. The molecule has 0 radical (unpaired) electrons. The van der Waals surface area contributed by atoms with Gasteiger partial charge in [0.1, 0.15) is 0 Å². The summed E-state index contributed by atoms with van der Waals surface area (Å²) in [5, 5.41) is 11.2. The Hall–Kier alpha value is -1.52. The van der Waals surface area contributed by atoms with Crippen LogP contribution in [0.2, 0.25) is 0 Å². The van der Waals surface area contributed by atoms with Crippen LogP contribution in [-0.4, -0.2) is 18.1 Å². The van der Waals surface area contributed by atoms with Gasteiger partial charge >= 0.3 is 5.95 Å². The first-order chi connectivity index (χ1) is 6.60. The number of nitrogen functional groups attached to an aromatic ring is 1. The zero-order valence-electron chi connectivity index (χ0n) is 8.82. The van der Waals surface area contributed by atoms with Gasteiger partial charge < -0.3 is 10.1 Å². The fourth-order valence-electron chi connectivity index (χ4n) is 1.33. The van der Waals surface area contributed by atoms with Crippen LogP contribution in [0.15, 0.2) is 6.07 Å². The molecule has 0 aromatic carbocycles. The topological polar surface area (TPSA) is 69.1 Å². The molecule has 0 unspecified atom stereocenters. The van der Waals surface area contributed by atoms with Gasteiger partial charge in [-0.05, 0) is 20.8 Å². The van der Waals surface area contributed by atoms with Gasteiger partial charge in [0.25, 0.3) is 0 Å². The van der Waals surface area contributed by atoms with Gasteiger partial charge in [-0.1, -0.05) is 4.98 Å². The number of nitrogens with zero attached hydrogens (tertiary/aromatic N) is 3. The number of hydrogen-bond acceptors (Lipinski definition) is 4. The van der Waals surface area contributed by atoms with Crippen molar-refractivity contribution in [2.24, 2.45) is 0 Å². The van der Waals surface area contributed by atoms with E-state index in [1.165, 1.54) is 0 Å². The zero-order chi connectivity index (χ0) is 10.7. The van der Waals surface area contributed by atoms with E-state index in [1.807, 2.05) is 18.7 Å². The minimum Gasteiger partial charge on any atom is -0.740 e. The van der Waals surface area contributed by atoms with Crippen molar-refractivity contribution in [1.29, 1.82) is 0 Å². The van der Waals surface area contributed by atoms with E-state index in [0.717, 1.165) is 18.9 Å². The predicted octanol–water partition coefficient (Wildman–Crippen LogP) is 0.452. The van der Waals surface area contributed by atoms with Crippen molar-refractivity contribution >= 4 is 11.8 Å². The molecule has 0 aliphatic heterocycles. The maximum absolute atomic E-state index is 11.2. The standard InChI is InChI=1S/C9H16N4O/c1-4-12(5-2)8-6-7(3)13(14)9(10)11-8/h6H,4-5H2,1-3H3,(H2,10,11). The number of nitrogens with two attached hydrogens (primary N) is 1. The summed E-state index contributed by atoms with van der Waals surface area (Å²) in [5.74, 6) is 0.768. The van der Waals surface area contributed by atoms with Crippen molar-refractivity contribution in [3.05, 3.63) is 17.0 Å². The summed E-state index contributed by atoms with van der Waals surface area (Å²) >= 11 is 0. The summed E-state index contributed by atoms with van der Waals surface area (Å²) in [7, 11) is 0. The fourth-order valence-corrected chi connectivity index (χ4v) is 1.33. The average Bonchev–Trinajstić information content (AvgIpc) is 2.16. The van der Waals surface area contributed by atoms with E-state index in [0.29, 0.717) is 10.4 Å². The highest BCUT2D eigenvalue weighted by molar-refractivity contribution is 5.40. The van der Waals surface area contributed by atoms with E-state index < -0.39 is 0 Å². The van der Waals surface area contributed by atoms with Crippen molar-refractivity contribution in [2.45, 2.75) is 20.8 Å². The number of aromatic nitrogens is 2. The molecular formula is C9H16N4O. The Morgan fingerprint density at radius 3 is 2.50 bits per heavy atom. The van der Waals surface area contributed by atoms with Crippen LogP contribution in [0.1, 0.15) is 19.5 Å². The first-order valence-corrected chi connectivity index (χ1v) is 4.71. The maximum atomic E-state index is 11.2. The molecule has 1 aromatic heterocycles. The number of anilines is 2. The Labute approximate surface area is 83.8 Å². The van der Waals surface area contributed by atoms with Gasteiger partial charge in [-0.15, -0.1) is 0 Å². The van der Waals surface area contributed by atoms with Gasteiger partial charge in [0.05, 0.1) is 5.69 Å². The van der Waals surface area contributed by atoms with Gasteiger partial charge in [0.15, 0.2) is 0 Å². The Bertz CT molecular complexity index is 300. The molecule has 0 saturated heterocycles. The minimum atomic E-state index is 0.00639. The third-order valence-electron chi connectivity index (χ3n) is 2.18. The molecule has 5 nitrogen and oxygen atoms in total. The molecule has 0 aliphatic rings. The van der Waals surface area contributed by atoms with Gasteiger partial charge in [-0.25, -0.2) is 4.73 Å². The lowest BCUT2D eigenvalue weighted by molar-refractivity contribution is -0.599. The fraction of sp³-hybridized carbons (Fsp3) is 0.556. The Balaban J connectivity index is 3.11. The molecule has 0 amide bonds. The van der Waals surface area contributed by atoms with Gasteiger partial charge in [0.2, 0.25) is 5.82 Å².